The van der Waals surface area contributed by atoms with Crippen LogP contribution >= 0.6 is 23.8 Å². The van der Waals surface area contributed by atoms with Crippen molar-refractivity contribution in [2.24, 2.45) is 10.7 Å². The second-order valence-electron chi connectivity index (χ2n) is 3.80. The van der Waals surface area contributed by atoms with E-state index < -0.39 is 0 Å². The Morgan fingerprint density at radius 1 is 1.11 bits per heavy atom. The van der Waals surface area contributed by atoms with Gasteiger partial charge in [-0.2, -0.15) is 0 Å². The lowest BCUT2D eigenvalue weighted by Crippen LogP contribution is -2.18. The molecule has 0 atom stereocenters. The summed E-state index contributed by atoms with van der Waals surface area (Å²) in [5.41, 5.74) is 7.22. The third kappa shape index (κ3) is 4.05. The second kappa shape index (κ2) is 6.31. The van der Waals surface area contributed by atoms with Crippen LogP contribution in [0.1, 0.15) is 5.56 Å². The first kappa shape index (κ1) is 13.5. The molecule has 0 aromatic heterocycles. The number of amidine groups is 1. The molecule has 0 aliphatic heterocycles. The first-order valence-corrected chi connectivity index (χ1v) is 6.40. The van der Waals surface area contributed by atoms with Gasteiger partial charge in [0.05, 0.1) is 0 Å². The standard InChI is InChI=1S/C14H12ClN3S/c15-11-7-4-8-12(9-11)17-13(18-14(16)19)10-5-2-1-3-6-10/h1-9H,(H3,16,17,18,19). The number of anilines is 1. The van der Waals surface area contributed by atoms with Gasteiger partial charge in [-0.15, -0.1) is 0 Å². The summed E-state index contributed by atoms with van der Waals surface area (Å²) in [5, 5.41) is 3.89. The Morgan fingerprint density at radius 2 is 1.84 bits per heavy atom. The van der Waals surface area contributed by atoms with Gasteiger partial charge in [-0.05, 0) is 30.4 Å². The van der Waals surface area contributed by atoms with E-state index in [0.29, 0.717) is 10.9 Å². The van der Waals surface area contributed by atoms with Gasteiger partial charge in [0.25, 0.3) is 0 Å². The smallest absolute Gasteiger partial charge is 0.192 e. The van der Waals surface area contributed by atoms with E-state index in [0.717, 1.165) is 11.3 Å². The maximum absolute atomic E-state index is 5.95. The number of hydrogen-bond donors (Lipinski definition) is 2. The number of rotatable bonds is 2. The van der Waals surface area contributed by atoms with Crippen LogP contribution in [0.2, 0.25) is 5.02 Å². The molecule has 5 heteroatoms. The Morgan fingerprint density at radius 3 is 2.47 bits per heavy atom. The van der Waals surface area contributed by atoms with Crippen molar-refractivity contribution >= 4 is 40.5 Å². The van der Waals surface area contributed by atoms with Gasteiger partial charge in [-0.3, -0.25) is 0 Å². The third-order valence-corrected chi connectivity index (χ3v) is 2.68. The van der Waals surface area contributed by atoms with E-state index in [1.165, 1.54) is 0 Å². The molecule has 96 valence electrons. The van der Waals surface area contributed by atoms with Crippen LogP contribution in [-0.2, 0) is 0 Å². The molecule has 0 heterocycles. The highest BCUT2D eigenvalue weighted by molar-refractivity contribution is 7.80. The van der Waals surface area contributed by atoms with E-state index in [-0.39, 0.29) is 5.11 Å². The van der Waals surface area contributed by atoms with Gasteiger partial charge in [0.15, 0.2) is 5.11 Å². The lowest BCUT2D eigenvalue weighted by atomic mass is 10.2. The molecule has 0 unspecified atom stereocenters. The lowest BCUT2D eigenvalue weighted by Gasteiger charge is -2.10. The number of hydrogen-bond acceptors (Lipinski definition) is 1. The van der Waals surface area contributed by atoms with Crippen LogP contribution in [0.25, 0.3) is 0 Å². The zero-order chi connectivity index (χ0) is 13.7. The fourth-order valence-electron chi connectivity index (χ4n) is 1.57. The van der Waals surface area contributed by atoms with E-state index >= 15 is 0 Å². The van der Waals surface area contributed by atoms with E-state index in [2.05, 4.69) is 10.3 Å². The Balaban J connectivity index is 2.33. The summed E-state index contributed by atoms with van der Waals surface area (Å²) in [6.45, 7) is 0. The minimum atomic E-state index is 0.0772. The maximum Gasteiger partial charge on any atom is 0.192 e. The molecule has 0 aliphatic rings. The Labute approximate surface area is 122 Å². The SMILES string of the molecule is NC(=S)/N=C(\Nc1cccc(Cl)c1)c1ccccc1. The van der Waals surface area contributed by atoms with Crippen molar-refractivity contribution in [1.29, 1.82) is 0 Å². The predicted molar refractivity (Wildman–Crippen MR) is 84.8 cm³/mol. The molecule has 0 spiro atoms. The molecular weight excluding hydrogens is 278 g/mol. The zero-order valence-corrected chi connectivity index (χ0v) is 11.6. The van der Waals surface area contributed by atoms with E-state index in [1.54, 1.807) is 12.1 Å². The van der Waals surface area contributed by atoms with Crippen molar-refractivity contribution in [3.63, 3.8) is 0 Å². The zero-order valence-electron chi connectivity index (χ0n) is 10.0. The van der Waals surface area contributed by atoms with Crippen LogP contribution in [0, 0.1) is 0 Å². The molecule has 0 saturated heterocycles. The average Bonchev–Trinajstić information content (AvgIpc) is 2.38. The first-order valence-electron chi connectivity index (χ1n) is 5.61. The minimum absolute atomic E-state index is 0.0772. The van der Waals surface area contributed by atoms with Gasteiger partial charge in [-0.1, -0.05) is 48.0 Å². The minimum Gasteiger partial charge on any atom is -0.374 e. The number of nitrogens with zero attached hydrogens (tertiary/aromatic N) is 1. The highest BCUT2D eigenvalue weighted by Crippen LogP contribution is 2.16. The van der Waals surface area contributed by atoms with Gasteiger partial charge in [0.2, 0.25) is 0 Å². The Bertz CT molecular complexity index is 611. The van der Waals surface area contributed by atoms with Gasteiger partial charge in [0, 0.05) is 16.3 Å². The van der Waals surface area contributed by atoms with Crippen molar-refractivity contribution in [3.8, 4) is 0 Å². The highest BCUT2D eigenvalue weighted by atomic mass is 35.5. The molecule has 19 heavy (non-hydrogen) atoms. The predicted octanol–water partition coefficient (Wildman–Crippen LogP) is 3.44. The molecule has 0 saturated carbocycles. The third-order valence-electron chi connectivity index (χ3n) is 2.36. The number of nitrogens with one attached hydrogen (secondary N) is 1. The molecule has 3 nitrogen and oxygen atoms in total. The van der Waals surface area contributed by atoms with Crippen LogP contribution in [0.5, 0.6) is 0 Å². The Kier molecular flexibility index (Phi) is 4.49. The van der Waals surface area contributed by atoms with Crippen LogP contribution in [0.3, 0.4) is 0 Å². The summed E-state index contributed by atoms with van der Waals surface area (Å²) in [6.07, 6.45) is 0. The largest absolute Gasteiger partial charge is 0.374 e. The van der Waals surface area contributed by atoms with Gasteiger partial charge >= 0.3 is 0 Å². The summed E-state index contributed by atoms with van der Waals surface area (Å²) < 4.78 is 0. The van der Waals surface area contributed by atoms with Crippen LogP contribution in [0.15, 0.2) is 59.6 Å². The molecule has 0 bridgehead atoms. The number of aliphatic imine (C=N–C) groups is 1. The number of thiocarbonyl (C=S) groups is 1. The molecule has 0 aliphatic carbocycles. The fraction of sp³-hybridized carbons (Fsp3) is 0. The molecular formula is C14H12ClN3S. The second-order valence-corrected chi connectivity index (χ2v) is 4.65. The summed E-state index contributed by atoms with van der Waals surface area (Å²) >= 11 is 10.8. The molecule has 0 radical (unpaired) electrons. The van der Waals surface area contributed by atoms with Gasteiger partial charge < -0.3 is 11.1 Å². The average molecular weight is 290 g/mol. The van der Waals surface area contributed by atoms with Crippen molar-refractivity contribution in [1.82, 2.24) is 0 Å². The van der Waals surface area contributed by atoms with E-state index in [1.807, 2.05) is 42.5 Å². The normalized spacial score (nSPS) is 11.1. The lowest BCUT2D eigenvalue weighted by molar-refractivity contribution is 1.52. The summed E-state index contributed by atoms with van der Waals surface area (Å²) in [6, 6.07) is 17.0. The monoisotopic (exact) mass is 289 g/mol. The van der Waals surface area contributed by atoms with E-state index in [9.17, 15) is 0 Å². The fourth-order valence-corrected chi connectivity index (χ4v) is 1.86. The quantitative estimate of drug-likeness (QED) is 0.506. The summed E-state index contributed by atoms with van der Waals surface area (Å²) in [5.74, 6) is 0.593. The highest BCUT2D eigenvalue weighted by Gasteiger charge is 2.04. The van der Waals surface area contributed by atoms with Crippen molar-refractivity contribution in [3.05, 3.63) is 65.2 Å². The van der Waals surface area contributed by atoms with Gasteiger partial charge in [-0.25, -0.2) is 4.99 Å². The van der Waals surface area contributed by atoms with Crippen LogP contribution < -0.4 is 11.1 Å². The van der Waals surface area contributed by atoms with Crippen molar-refractivity contribution < 1.29 is 0 Å². The van der Waals surface area contributed by atoms with Crippen molar-refractivity contribution in [2.75, 3.05) is 5.32 Å². The van der Waals surface area contributed by atoms with Crippen molar-refractivity contribution in [2.45, 2.75) is 0 Å². The number of benzene rings is 2. The van der Waals surface area contributed by atoms with Gasteiger partial charge in [0.1, 0.15) is 5.84 Å². The first-order chi connectivity index (χ1) is 9.15. The summed E-state index contributed by atoms with van der Waals surface area (Å²) in [4.78, 5) is 4.14. The topological polar surface area (TPSA) is 50.4 Å². The molecule has 2 rings (SSSR count). The molecule has 0 fully saturated rings. The molecule has 2 aromatic carbocycles. The number of nitrogens with two attached hydrogens (primary N) is 1. The molecule has 2 aromatic rings. The van der Waals surface area contributed by atoms with E-state index in [4.69, 9.17) is 29.6 Å². The number of halogens is 1. The van der Waals surface area contributed by atoms with Crippen LogP contribution in [-0.4, -0.2) is 10.9 Å². The molecule has 0 amide bonds. The summed E-state index contributed by atoms with van der Waals surface area (Å²) in [7, 11) is 0. The maximum atomic E-state index is 5.95. The van der Waals surface area contributed by atoms with Crippen LogP contribution in [0.4, 0.5) is 5.69 Å². The Hall–Kier alpha value is -1.91. The molecule has 3 N–H and O–H groups in total.